The van der Waals surface area contributed by atoms with E-state index >= 15 is 0 Å². The Morgan fingerprint density at radius 1 is 1.12 bits per heavy atom. The predicted molar refractivity (Wildman–Crippen MR) is 69.8 cm³/mol. The van der Waals surface area contributed by atoms with Crippen molar-refractivity contribution in [3.63, 3.8) is 0 Å². The molecule has 1 aliphatic heterocycles. The van der Waals surface area contributed by atoms with Crippen LogP contribution >= 0.6 is 15.9 Å². The average Bonchev–Trinajstić information content (AvgIpc) is 2.35. The van der Waals surface area contributed by atoms with Crippen LogP contribution in [0.5, 0.6) is 0 Å². The fraction of sp³-hybridized carbons (Fsp3) is 1.00. The molecular weight excluding hydrogens is 288 g/mol. The first-order valence-electron chi connectivity index (χ1n) is 6.21. The topological polar surface area (TPSA) is 36.9 Å². The van der Waals surface area contributed by atoms with Crippen LogP contribution in [-0.4, -0.2) is 58.2 Å². The van der Waals surface area contributed by atoms with E-state index in [1.165, 1.54) is 0 Å². The van der Waals surface area contributed by atoms with Crippen LogP contribution in [0.25, 0.3) is 0 Å². The zero-order valence-electron chi connectivity index (χ0n) is 10.5. The average molecular weight is 311 g/mol. The third-order valence-corrected chi connectivity index (χ3v) is 4.02. The number of hydrogen-bond donors (Lipinski definition) is 0. The van der Waals surface area contributed by atoms with Gasteiger partial charge in [0.25, 0.3) is 0 Å². The number of rotatable bonds is 9. The van der Waals surface area contributed by atoms with Crippen LogP contribution in [0.4, 0.5) is 0 Å². The van der Waals surface area contributed by atoms with E-state index in [-0.39, 0.29) is 0 Å². The number of halogens is 1. The molecule has 1 fully saturated rings. The van der Waals surface area contributed by atoms with Gasteiger partial charge in [-0.15, -0.1) is 0 Å². The fourth-order valence-corrected chi connectivity index (χ4v) is 2.34. The Morgan fingerprint density at radius 3 is 2.53 bits per heavy atom. The maximum Gasteiger partial charge on any atom is 0.0701 e. The van der Waals surface area contributed by atoms with Crippen LogP contribution < -0.4 is 0 Å². The summed E-state index contributed by atoms with van der Waals surface area (Å²) in [5.41, 5.74) is 0. The molecule has 0 saturated carbocycles. The quantitative estimate of drug-likeness (QED) is 0.481. The van der Waals surface area contributed by atoms with Crippen LogP contribution in [0.15, 0.2) is 0 Å². The molecule has 1 heterocycles. The van der Waals surface area contributed by atoms with Gasteiger partial charge in [0.2, 0.25) is 0 Å². The molecule has 102 valence electrons. The second-order valence-corrected chi connectivity index (χ2v) is 5.32. The lowest BCUT2D eigenvalue weighted by Crippen LogP contribution is -2.28. The smallest absolute Gasteiger partial charge is 0.0701 e. The molecule has 0 radical (unpaired) electrons. The normalized spacial score (nSPS) is 25.1. The molecule has 4 nitrogen and oxygen atoms in total. The largest absolute Gasteiger partial charge is 0.382 e. The first-order chi connectivity index (χ1) is 8.34. The van der Waals surface area contributed by atoms with Gasteiger partial charge in [0.15, 0.2) is 0 Å². The molecule has 0 aromatic carbocycles. The summed E-state index contributed by atoms with van der Waals surface area (Å²) in [5.74, 6) is 0.582. The summed E-state index contributed by atoms with van der Waals surface area (Å²) < 4.78 is 21.2. The second-order valence-electron chi connectivity index (χ2n) is 4.15. The summed E-state index contributed by atoms with van der Waals surface area (Å²) in [6.07, 6.45) is 2.15. The third-order valence-electron chi connectivity index (χ3n) is 2.82. The van der Waals surface area contributed by atoms with Crippen LogP contribution in [-0.2, 0) is 18.9 Å². The molecule has 1 aliphatic rings. The summed E-state index contributed by atoms with van der Waals surface area (Å²) >= 11 is 3.69. The highest BCUT2D eigenvalue weighted by Crippen LogP contribution is 2.24. The highest BCUT2D eigenvalue weighted by molar-refractivity contribution is 9.09. The van der Waals surface area contributed by atoms with Gasteiger partial charge in [-0.25, -0.2) is 0 Å². The summed E-state index contributed by atoms with van der Waals surface area (Å²) in [6.45, 7) is 5.09. The van der Waals surface area contributed by atoms with E-state index in [1.807, 2.05) is 0 Å². The molecule has 2 unspecified atom stereocenters. The van der Waals surface area contributed by atoms with Crippen molar-refractivity contribution < 1.29 is 18.9 Å². The van der Waals surface area contributed by atoms with Crippen LogP contribution in [0, 0.1) is 5.92 Å². The van der Waals surface area contributed by atoms with Crippen LogP contribution in [0.1, 0.15) is 12.8 Å². The van der Waals surface area contributed by atoms with Crippen molar-refractivity contribution in [2.24, 2.45) is 5.92 Å². The molecular formula is C12H23BrO4. The van der Waals surface area contributed by atoms with Gasteiger partial charge >= 0.3 is 0 Å². The van der Waals surface area contributed by atoms with E-state index in [0.29, 0.717) is 37.2 Å². The predicted octanol–water partition coefficient (Wildman–Crippen LogP) is 1.86. The maximum atomic E-state index is 5.52. The van der Waals surface area contributed by atoms with Gasteiger partial charge in [0.1, 0.15) is 0 Å². The molecule has 2 atom stereocenters. The maximum absolute atomic E-state index is 5.52. The van der Waals surface area contributed by atoms with E-state index in [4.69, 9.17) is 18.9 Å². The lowest BCUT2D eigenvalue weighted by Gasteiger charge is -2.27. The van der Waals surface area contributed by atoms with Crippen molar-refractivity contribution in [2.75, 3.05) is 53.4 Å². The number of hydrogen-bond acceptors (Lipinski definition) is 4. The number of methoxy groups -OCH3 is 1. The van der Waals surface area contributed by atoms with E-state index in [9.17, 15) is 0 Å². The van der Waals surface area contributed by atoms with Crippen LogP contribution in [0.3, 0.4) is 0 Å². The van der Waals surface area contributed by atoms with Crippen LogP contribution in [0.2, 0.25) is 0 Å². The molecule has 17 heavy (non-hydrogen) atoms. The highest BCUT2D eigenvalue weighted by atomic mass is 79.9. The molecule has 0 aromatic heterocycles. The fourth-order valence-electron chi connectivity index (χ4n) is 1.73. The van der Waals surface area contributed by atoms with Gasteiger partial charge in [-0.05, 0) is 18.8 Å². The summed E-state index contributed by atoms with van der Waals surface area (Å²) in [7, 11) is 1.67. The monoisotopic (exact) mass is 310 g/mol. The summed E-state index contributed by atoms with van der Waals surface area (Å²) in [6, 6.07) is 0. The van der Waals surface area contributed by atoms with E-state index in [1.54, 1.807) is 7.11 Å². The van der Waals surface area contributed by atoms with Gasteiger partial charge in [-0.3, -0.25) is 0 Å². The zero-order valence-corrected chi connectivity index (χ0v) is 12.1. The molecule has 0 aliphatic carbocycles. The first-order valence-corrected chi connectivity index (χ1v) is 7.12. The Hall–Kier alpha value is 0.320. The molecule has 1 rings (SSSR count). The molecule has 0 spiro atoms. The molecule has 0 bridgehead atoms. The van der Waals surface area contributed by atoms with E-state index in [0.717, 1.165) is 32.7 Å². The van der Waals surface area contributed by atoms with Gasteiger partial charge < -0.3 is 18.9 Å². The lowest BCUT2D eigenvalue weighted by atomic mass is 9.99. The highest BCUT2D eigenvalue weighted by Gasteiger charge is 2.22. The summed E-state index contributed by atoms with van der Waals surface area (Å²) in [5, 5.41) is 0. The van der Waals surface area contributed by atoms with Crippen molar-refractivity contribution in [1.82, 2.24) is 0 Å². The molecule has 0 N–H and O–H groups in total. The second kappa shape index (κ2) is 10.3. The number of alkyl halides is 1. The Balaban J connectivity index is 1.86. The molecule has 5 heteroatoms. The molecule has 0 amide bonds. The third kappa shape index (κ3) is 7.36. The van der Waals surface area contributed by atoms with Crippen molar-refractivity contribution in [1.29, 1.82) is 0 Å². The Bertz CT molecular complexity index is 180. The van der Waals surface area contributed by atoms with Crippen molar-refractivity contribution >= 4 is 15.9 Å². The minimum atomic E-state index is 0.581. The number of ether oxygens (including phenoxy) is 4. The molecule has 0 aromatic rings. The Kier molecular flexibility index (Phi) is 9.28. The summed E-state index contributed by atoms with van der Waals surface area (Å²) in [4.78, 5) is 0.581. The van der Waals surface area contributed by atoms with E-state index in [2.05, 4.69) is 15.9 Å². The van der Waals surface area contributed by atoms with Crippen molar-refractivity contribution in [3.8, 4) is 0 Å². The minimum Gasteiger partial charge on any atom is -0.382 e. The van der Waals surface area contributed by atoms with E-state index < -0.39 is 0 Å². The standard InChI is InChI=1S/C12H23BrO4/c1-14-6-7-16-9-8-15-4-2-11-10-17-5-3-12(11)13/h11-12H,2-10H2,1H3. The van der Waals surface area contributed by atoms with Crippen molar-refractivity contribution in [2.45, 2.75) is 17.7 Å². The van der Waals surface area contributed by atoms with Gasteiger partial charge in [-0.2, -0.15) is 0 Å². The Labute approximate surface area is 112 Å². The molecule has 1 saturated heterocycles. The SMILES string of the molecule is COCCOCCOCCC1COCCC1Br. The lowest BCUT2D eigenvalue weighted by molar-refractivity contribution is 0.0105. The van der Waals surface area contributed by atoms with Gasteiger partial charge in [0.05, 0.1) is 33.0 Å². The Morgan fingerprint density at radius 2 is 1.82 bits per heavy atom. The van der Waals surface area contributed by atoms with Gasteiger partial charge in [0, 0.05) is 25.2 Å². The van der Waals surface area contributed by atoms with Crippen molar-refractivity contribution in [3.05, 3.63) is 0 Å². The minimum absolute atomic E-state index is 0.581. The first kappa shape index (κ1) is 15.4. The zero-order chi connectivity index (χ0) is 12.3. The van der Waals surface area contributed by atoms with Gasteiger partial charge in [-0.1, -0.05) is 15.9 Å².